The third-order valence-corrected chi connectivity index (χ3v) is 9.31. The highest BCUT2D eigenvalue weighted by atomic mass is 15.0. The van der Waals surface area contributed by atoms with Gasteiger partial charge in [0.1, 0.15) is 0 Å². The van der Waals surface area contributed by atoms with Crippen LogP contribution in [0.25, 0.3) is 94.3 Å². The Morgan fingerprint density at radius 2 is 0.959 bits per heavy atom. The average molecular weight is 630 g/mol. The van der Waals surface area contributed by atoms with E-state index in [1.54, 1.807) is 0 Å². The maximum atomic E-state index is 8.84. The normalized spacial score (nSPS) is 13.1. The molecule has 0 aliphatic heterocycles. The predicted molar refractivity (Wildman–Crippen MR) is 202 cm³/mol. The minimum atomic E-state index is -0.475. The molecule has 8 aromatic carbocycles. The summed E-state index contributed by atoms with van der Waals surface area (Å²) in [6.45, 7) is 0. The van der Waals surface area contributed by atoms with Crippen molar-refractivity contribution in [3.63, 3.8) is 0 Å². The van der Waals surface area contributed by atoms with Crippen LogP contribution in [0.2, 0.25) is 0 Å². The summed E-state index contributed by atoms with van der Waals surface area (Å²) >= 11 is 0. The fraction of sp³-hybridized carbons (Fsp3) is 0. The van der Waals surface area contributed by atoms with Crippen molar-refractivity contribution in [1.82, 2.24) is 19.5 Å². The summed E-state index contributed by atoms with van der Waals surface area (Å²) in [4.78, 5) is 14.9. The minimum Gasteiger partial charge on any atom is -0.309 e. The second kappa shape index (κ2) is 11.0. The number of fused-ring (bicyclic) bond motifs is 3. The Labute approximate surface area is 290 Å². The van der Waals surface area contributed by atoms with Crippen molar-refractivity contribution in [3.05, 3.63) is 170 Å². The first-order valence-corrected chi connectivity index (χ1v) is 16.1. The van der Waals surface area contributed by atoms with Crippen LogP contribution in [-0.2, 0) is 0 Å². The van der Waals surface area contributed by atoms with E-state index in [1.807, 2.05) is 91.0 Å². The molecule has 0 saturated heterocycles. The van der Waals surface area contributed by atoms with E-state index in [9.17, 15) is 0 Å². The molecule has 49 heavy (non-hydrogen) atoms. The van der Waals surface area contributed by atoms with Crippen molar-refractivity contribution >= 4 is 43.4 Å². The molecule has 0 saturated carbocycles. The summed E-state index contributed by atoms with van der Waals surface area (Å²) in [5.74, 6) is 0.661. The molecule has 0 N–H and O–H groups in total. The number of hydrogen-bond donors (Lipinski definition) is 0. The monoisotopic (exact) mass is 629 g/mol. The second-order valence-corrected chi connectivity index (χ2v) is 12.0. The van der Waals surface area contributed by atoms with Gasteiger partial charge in [-0.1, -0.05) is 139 Å². The first kappa shape index (κ1) is 22.8. The summed E-state index contributed by atoms with van der Waals surface area (Å²) in [5.41, 5.74) is 6.62. The van der Waals surface area contributed by atoms with Crippen LogP contribution in [0, 0.1) is 0 Å². The second-order valence-electron chi connectivity index (χ2n) is 12.0. The molecule has 10 rings (SSSR count). The Hall–Kier alpha value is -6.65. The molecule has 2 aromatic heterocycles. The van der Waals surface area contributed by atoms with Crippen molar-refractivity contribution in [2.24, 2.45) is 0 Å². The van der Waals surface area contributed by atoms with Crippen LogP contribution in [0.5, 0.6) is 0 Å². The van der Waals surface area contributed by atoms with Gasteiger partial charge in [-0.15, -0.1) is 0 Å². The minimum absolute atomic E-state index is 0.00271. The van der Waals surface area contributed by atoms with Gasteiger partial charge in [0.2, 0.25) is 0 Å². The molecule has 0 fully saturated rings. The molecule has 0 bridgehead atoms. The van der Waals surface area contributed by atoms with Crippen molar-refractivity contribution in [3.8, 4) is 51.0 Å². The zero-order chi connectivity index (χ0) is 36.7. The Bertz CT molecular complexity index is 3060. The highest BCUT2D eigenvalue weighted by molar-refractivity contribution is 6.36. The molecule has 0 atom stereocenters. The smallest absolute Gasteiger partial charge is 0.164 e. The Kier molecular flexibility index (Phi) is 5.10. The molecule has 0 aliphatic carbocycles. The number of benzene rings is 8. The van der Waals surface area contributed by atoms with Crippen LogP contribution < -0.4 is 0 Å². The van der Waals surface area contributed by atoms with Gasteiger partial charge in [-0.3, -0.25) is 0 Å². The van der Waals surface area contributed by atoms with Crippen LogP contribution in [0.3, 0.4) is 0 Å². The van der Waals surface area contributed by atoms with Crippen LogP contribution in [-0.4, -0.2) is 19.5 Å². The molecule has 0 unspecified atom stereocenters. The highest BCUT2D eigenvalue weighted by Gasteiger charge is 2.23. The summed E-state index contributed by atoms with van der Waals surface area (Å²) in [5, 5.41) is 6.42. The van der Waals surface area contributed by atoms with E-state index in [0.717, 1.165) is 65.7 Å². The van der Waals surface area contributed by atoms with Gasteiger partial charge in [0.15, 0.2) is 17.5 Å². The molecule has 4 heteroatoms. The predicted octanol–water partition coefficient (Wildman–Crippen LogP) is 11.4. The van der Waals surface area contributed by atoms with Gasteiger partial charge in [-0.05, 0) is 57.6 Å². The number of hydrogen-bond acceptors (Lipinski definition) is 3. The lowest BCUT2D eigenvalue weighted by Gasteiger charge is -2.14. The summed E-state index contributed by atoms with van der Waals surface area (Å²) in [6.07, 6.45) is 0. The third-order valence-electron chi connectivity index (χ3n) is 9.31. The van der Waals surface area contributed by atoms with E-state index in [4.69, 9.17) is 21.8 Å². The standard InChI is InChI=1S/C45H28N4/c1-4-13-29(14-5-1)30-23-25-32(26-24-30)44-46-43(31-15-6-2-7-16-31)47-45(48-44)37-27-28-39-42-40(37)35-20-11-10-19-34(35)36-21-12-22-38(41(36)42)49(39)33-17-8-3-9-18-33/h1-28H/i2D,6D,7D,15D,16D. The fourth-order valence-electron chi connectivity index (χ4n) is 7.17. The van der Waals surface area contributed by atoms with Crippen molar-refractivity contribution in [1.29, 1.82) is 0 Å². The van der Waals surface area contributed by atoms with E-state index < -0.39 is 18.1 Å². The molecule has 0 amide bonds. The van der Waals surface area contributed by atoms with Crippen LogP contribution in [0.4, 0.5) is 0 Å². The maximum absolute atomic E-state index is 8.84. The highest BCUT2D eigenvalue weighted by Crippen LogP contribution is 2.46. The van der Waals surface area contributed by atoms with Gasteiger partial charge < -0.3 is 4.57 Å². The van der Waals surface area contributed by atoms with Crippen LogP contribution in [0.15, 0.2) is 170 Å². The molecule has 10 aromatic rings. The molecular formula is C45H28N4. The molecule has 0 radical (unpaired) electrons. The van der Waals surface area contributed by atoms with E-state index in [2.05, 4.69) is 53.1 Å². The Morgan fingerprint density at radius 3 is 1.73 bits per heavy atom. The van der Waals surface area contributed by atoms with E-state index in [-0.39, 0.29) is 23.5 Å². The van der Waals surface area contributed by atoms with Crippen molar-refractivity contribution < 1.29 is 6.85 Å². The van der Waals surface area contributed by atoms with E-state index in [0.29, 0.717) is 17.2 Å². The lowest BCUT2D eigenvalue weighted by atomic mass is 9.91. The molecule has 0 spiro atoms. The van der Waals surface area contributed by atoms with Crippen molar-refractivity contribution in [2.75, 3.05) is 0 Å². The number of nitrogens with zero attached hydrogens (tertiary/aromatic N) is 4. The SMILES string of the molecule is [2H]c1c([2H])c([2H])c(-c2nc(-c3ccc(-c4ccccc4)cc3)nc(-c3ccc4c5c3c3ccccc3c3cccc(c35)n4-c3ccccc3)n2)c([2H])c1[2H]. The Morgan fingerprint density at radius 1 is 0.388 bits per heavy atom. The number of para-hydroxylation sites is 1. The fourth-order valence-corrected chi connectivity index (χ4v) is 7.17. The van der Waals surface area contributed by atoms with Crippen molar-refractivity contribution in [2.45, 2.75) is 0 Å². The zero-order valence-electron chi connectivity index (χ0n) is 31.1. The molecule has 4 nitrogen and oxygen atoms in total. The van der Waals surface area contributed by atoms with Gasteiger partial charge in [0.25, 0.3) is 0 Å². The molecule has 0 aliphatic rings. The molecule has 228 valence electrons. The molecular weight excluding hydrogens is 597 g/mol. The number of rotatable bonds is 5. The van der Waals surface area contributed by atoms with Crippen LogP contribution in [0.1, 0.15) is 6.85 Å². The van der Waals surface area contributed by atoms with Crippen LogP contribution >= 0.6 is 0 Å². The first-order chi connectivity index (χ1) is 26.4. The van der Waals surface area contributed by atoms with Gasteiger partial charge in [-0.25, -0.2) is 15.0 Å². The topological polar surface area (TPSA) is 43.6 Å². The van der Waals surface area contributed by atoms with Gasteiger partial charge in [0, 0.05) is 38.5 Å². The maximum Gasteiger partial charge on any atom is 0.164 e. The van der Waals surface area contributed by atoms with E-state index >= 15 is 0 Å². The lowest BCUT2D eigenvalue weighted by molar-refractivity contribution is 1.08. The van der Waals surface area contributed by atoms with Gasteiger partial charge in [0.05, 0.1) is 17.9 Å². The summed E-state index contributed by atoms with van der Waals surface area (Å²) in [7, 11) is 0. The number of aromatic nitrogens is 4. The third kappa shape index (κ3) is 4.35. The first-order valence-electron chi connectivity index (χ1n) is 18.6. The quantitative estimate of drug-likeness (QED) is 0.178. The summed E-state index contributed by atoms with van der Waals surface area (Å²) in [6, 6.07) is 45.0. The molecule has 2 heterocycles. The Balaban J connectivity index is 1.30. The zero-order valence-corrected chi connectivity index (χ0v) is 26.1. The average Bonchev–Trinajstić information content (AvgIpc) is 3.57. The van der Waals surface area contributed by atoms with E-state index in [1.165, 1.54) is 0 Å². The van der Waals surface area contributed by atoms with Gasteiger partial charge in [-0.2, -0.15) is 0 Å². The lowest BCUT2D eigenvalue weighted by Crippen LogP contribution is -2.01. The van der Waals surface area contributed by atoms with Gasteiger partial charge >= 0.3 is 0 Å². The largest absolute Gasteiger partial charge is 0.309 e. The summed E-state index contributed by atoms with van der Waals surface area (Å²) < 4.78 is 45.1.